The van der Waals surface area contributed by atoms with Crippen molar-refractivity contribution in [3.8, 4) is 0 Å². The smallest absolute Gasteiger partial charge is 0.247 e. The first-order valence-corrected chi connectivity index (χ1v) is 9.23. The van der Waals surface area contributed by atoms with E-state index < -0.39 is 36.0 Å². The third-order valence-electron chi connectivity index (χ3n) is 4.55. The summed E-state index contributed by atoms with van der Waals surface area (Å²) in [4.78, 5) is 38.3. The van der Waals surface area contributed by atoms with Gasteiger partial charge in [0.25, 0.3) is 0 Å². The van der Waals surface area contributed by atoms with E-state index in [9.17, 15) is 19.5 Å². The fourth-order valence-corrected chi connectivity index (χ4v) is 2.63. The third kappa shape index (κ3) is 6.86. The number of carbonyl (C=O) groups excluding carboxylic acids is 3. The quantitative estimate of drug-likeness (QED) is 0.513. The number of rotatable bonds is 10. The molecule has 0 aromatic heterocycles. The van der Waals surface area contributed by atoms with Crippen molar-refractivity contribution in [1.82, 2.24) is 4.90 Å². The van der Waals surface area contributed by atoms with Crippen molar-refractivity contribution >= 4 is 18.1 Å². The molecule has 0 heterocycles. The molecule has 150 valence electrons. The number of aldehydes is 1. The van der Waals surface area contributed by atoms with Crippen LogP contribution in [0.2, 0.25) is 0 Å². The zero-order chi connectivity index (χ0) is 20.6. The lowest BCUT2D eigenvalue weighted by Gasteiger charge is -2.30. The Labute approximate surface area is 160 Å². The van der Waals surface area contributed by atoms with Gasteiger partial charge < -0.3 is 21.4 Å². The topological polar surface area (TPSA) is 127 Å². The standard InChI is InChI=1S/C20H31N3O4/c1-13(2)19(22)20(27)23(18(26)10-9-17(25)14(3)21)16(12-24)11-15-7-5-4-6-8-15/h4-8,12-14,16-17,19,25H,9-11,21-22H2,1-3H3/t14?,16-,17?,19-/m0/s1. The number of nitrogens with zero attached hydrogens (tertiary/aromatic N) is 1. The summed E-state index contributed by atoms with van der Waals surface area (Å²) in [6, 6.07) is 6.80. The van der Waals surface area contributed by atoms with Crippen LogP contribution >= 0.6 is 0 Å². The van der Waals surface area contributed by atoms with Crippen LogP contribution in [0.3, 0.4) is 0 Å². The van der Waals surface area contributed by atoms with Crippen molar-refractivity contribution in [2.45, 2.75) is 64.3 Å². The van der Waals surface area contributed by atoms with Crippen molar-refractivity contribution in [1.29, 1.82) is 0 Å². The van der Waals surface area contributed by atoms with Gasteiger partial charge in [0.1, 0.15) is 6.29 Å². The van der Waals surface area contributed by atoms with Gasteiger partial charge in [-0.3, -0.25) is 14.5 Å². The third-order valence-corrected chi connectivity index (χ3v) is 4.55. The van der Waals surface area contributed by atoms with Crippen LogP contribution in [0.4, 0.5) is 0 Å². The Morgan fingerprint density at radius 3 is 2.22 bits per heavy atom. The molecule has 7 nitrogen and oxygen atoms in total. The van der Waals surface area contributed by atoms with E-state index in [1.165, 1.54) is 0 Å². The first-order valence-electron chi connectivity index (χ1n) is 9.23. The molecule has 0 aliphatic carbocycles. The normalized spacial score (nSPS) is 15.7. The van der Waals surface area contributed by atoms with Crippen LogP contribution in [0, 0.1) is 5.92 Å². The van der Waals surface area contributed by atoms with Crippen molar-refractivity contribution in [3.63, 3.8) is 0 Å². The molecule has 1 aromatic carbocycles. The van der Waals surface area contributed by atoms with Crippen LogP contribution in [0.15, 0.2) is 30.3 Å². The number of benzene rings is 1. The maximum Gasteiger partial charge on any atom is 0.247 e. The average Bonchev–Trinajstić information content (AvgIpc) is 2.65. The largest absolute Gasteiger partial charge is 0.392 e. The summed E-state index contributed by atoms with van der Waals surface area (Å²) in [7, 11) is 0. The Kier molecular flexibility index (Phi) is 9.28. The Morgan fingerprint density at radius 1 is 1.15 bits per heavy atom. The molecule has 1 aromatic rings. The van der Waals surface area contributed by atoms with Crippen LogP contribution in [0.5, 0.6) is 0 Å². The van der Waals surface area contributed by atoms with Gasteiger partial charge in [0.15, 0.2) is 0 Å². The molecule has 4 atom stereocenters. The van der Waals surface area contributed by atoms with Gasteiger partial charge in [0.2, 0.25) is 11.8 Å². The Balaban J connectivity index is 3.05. The number of amides is 2. The lowest BCUT2D eigenvalue weighted by Crippen LogP contribution is -2.54. The van der Waals surface area contributed by atoms with E-state index in [0.717, 1.165) is 10.5 Å². The highest BCUT2D eigenvalue weighted by Crippen LogP contribution is 2.15. The zero-order valence-electron chi connectivity index (χ0n) is 16.2. The summed E-state index contributed by atoms with van der Waals surface area (Å²) in [6.45, 7) is 5.19. The molecule has 0 radical (unpaired) electrons. The van der Waals surface area contributed by atoms with Crippen LogP contribution in [-0.2, 0) is 20.8 Å². The molecule has 0 fully saturated rings. The summed E-state index contributed by atoms with van der Waals surface area (Å²) in [5.74, 6) is -1.31. The minimum atomic E-state index is -0.954. The molecule has 0 aliphatic rings. The lowest BCUT2D eigenvalue weighted by molar-refractivity contribution is -0.151. The summed E-state index contributed by atoms with van der Waals surface area (Å²) < 4.78 is 0. The van der Waals surface area contributed by atoms with Gasteiger partial charge in [0, 0.05) is 18.9 Å². The first-order chi connectivity index (χ1) is 12.7. The van der Waals surface area contributed by atoms with Crippen LogP contribution in [-0.4, -0.2) is 52.3 Å². The lowest BCUT2D eigenvalue weighted by atomic mass is 9.99. The van der Waals surface area contributed by atoms with E-state index >= 15 is 0 Å². The van der Waals surface area contributed by atoms with Gasteiger partial charge >= 0.3 is 0 Å². The Bertz CT molecular complexity index is 619. The summed E-state index contributed by atoms with van der Waals surface area (Å²) >= 11 is 0. The van der Waals surface area contributed by atoms with Gasteiger partial charge in [-0.05, 0) is 24.8 Å². The van der Waals surface area contributed by atoms with E-state index in [2.05, 4.69) is 0 Å². The van der Waals surface area contributed by atoms with Crippen molar-refractivity contribution in [2.24, 2.45) is 17.4 Å². The number of nitrogens with two attached hydrogens (primary N) is 2. The van der Waals surface area contributed by atoms with Crippen LogP contribution < -0.4 is 11.5 Å². The molecule has 0 spiro atoms. The molecule has 0 saturated heterocycles. The summed E-state index contributed by atoms with van der Waals surface area (Å²) in [5, 5.41) is 9.85. The van der Waals surface area contributed by atoms with Gasteiger partial charge in [0.05, 0.1) is 18.2 Å². The Morgan fingerprint density at radius 2 is 1.74 bits per heavy atom. The van der Waals surface area contributed by atoms with Gasteiger partial charge in [-0.25, -0.2) is 0 Å². The monoisotopic (exact) mass is 377 g/mol. The van der Waals surface area contributed by atoms with E-state index in [1.54, 1.807) is 20.8 Å². The number of carbonyl (C=O) groups is 3. The molecular formula is C20H31N3O4. The second-order valence-corrected chi connectivity index (χ2v) is 7.23. The summed E-state index contributed by atoms with van der Waals surface area (Å²) in [5.41, 5.74) is 12.4. The van der Waals surface area contributed by atoms with Gasteiger partial charge in [-0.1, -0.05) is 44.2 Å². The zero-order valence-corrected chi connectivity index (χ0v) is 16.2. The maximum absolute atomic E-state index is 12.8. The SMILES string of the molecule is CC(N)C(O)CCC(=O)N(C(=O)[C@@H](N)C(C)C)[C@H](C=O)Cc1ccccc1. The highest BCUT2D eigenvalue weighted by atomic mass is 16.3. The van der Waals surface area contributed by atoms with Crippen molar-refractivity contribution in [3.05, 3.63) is 35.9 Å². The Hall–Kier alpha value is -2.09. The average molecular weight is 377 g/mol. The van der Waals surface area contributed by atoms with E-state index in [4.69, 9.17) is 11.5 Å². The molecule has 0 bridgehead atoms. The molecular weight excluding hydrogens is 346 g/mol. The highest BCUT2D eigenvalue weighted by Gasteiger charge is 2.34. The minimum Gasteiger partial charge on any atom is -0.392 e. The second-order valence-electron chi connectivity index (χ2n) is 7.23. The van der Waals surface area contributed by atoms with Crippen LogP contribution in [0.25, 0.3) is 0 Å². The fraction of sp³-hybridized carbons (Fsp3) is 0.550. The van der Waals surface area contributed by atoms with E-state index in [0.29, 0.717) is 6.29 Å². The second kappa shape index (κ2) is 10.9. The molecule has 2 amide bonds. The van der Waals surface area contributed by atoms with Crippen molar-refractivity contribution < 1.29 is 19.5 Å². The number of imide groups is 1. The summed E-state index contributed by atoms with van der Waals surface area (Å²) in [6.07, 6.45) is -0.0548. The van der Waals surface area contributed by atoms with Crippen molar-refractivity contribution in [2.75, 3.05) is 0 Å². The molecule has 27 heavy (non-hydrogen) atoms. The first kappa shape index (κ1) is 23.0. The number of hydrogen-bond donors (Lipinski definition) is 3. The molecule has 0 aliphatic heterocycles. The fourth-order valence-electron chi connectivity index (χ4n) is 2.63. The molecule has 1 rings (SSSR count). The minimum absolute atomic E-state index is 0.0988. The predicted molar refractivity (Wildman–Crippen MR) is 104 cm³/mol. The molecule has 2 unspecified atom stereocenters. The van der Waals surface area contributed by atoms with Crippen LogP contribution in [0.1, 0.15) is 39.2 Å². The van der Waals surface area contributed by atoms with E-state index in [1.807, 2.05) is 30.3 Å². The molecule has 5 N–H and O–H groups in total. The van der Waals surface area contributed by atoms with E-state index in [-0.39, 0.29) is 25.2 Å². The highest BCUT2D eigenvalue weighted by molar-refractivity contribution is 6.00. The predicted octanol–water partition coefficient (Wildman–Crippen LogP) is 0.623. The number of aliphatic hydroxyl groups is 1. The van der Waals surface area contributed by atoms with Gasteiger partial charge in [-0.15, -0.1) is 0 Å². The number of aliphatic hydroxyl groups excluding tert-OH is 1. The van der Waals surface area contributed by atoms with Gasteiger partial charge in [-0.2, -0.15) is 0 Å². The molecule has 0 saturated carbocycles. The molecule has 7 heteroatoms. The maximum atomic E-state index is 12.8. The number of hydrogen-bond acceptors (Lipinski definition) is 6.